The Morgan fingerprint density at radius 3 is 2.33 bits per heavy atom. The normalized spacial score (nSPS) is 11.6. The average molecular weight is 366 g/mol. The summed E-state index contributed by atoms with van der Waals surface area (Å²) in [6.45, 7) is 1.88. The Morgan fingerprint density at radius 1 is 1.08 bits per heavy atom. The molecule has 0 aliphatic rings. The number of nitrogens with two attached hydrogens (primary N) is 1. The number of benzene rings is 2. The van der Waals surface area contributed by atoms with E-state index in [1.165, 1.54) is 0 Å². The SMILES string of the molecule is CC(NC(=O)Cc1ccc(Cl)c(Cl)c1)c1ccc(NC(N)=O)cc1. The molecule has 5 nitrogen and oxygen atoms in total. The maximum Gasteiger partial charge on any atom is 0.316 e. The summed E-state index contributed by atoms with van der Waals surface area (Å²) in [5.41, 5.74) is 7.35. The van der Waals surface area contributed by atoms with Gasteiger partial charge >= 0.3 is 6.03 Å². The van der Waals surface area contributed by atoms with Crippen LogP contribution in [0.1, 0.15) is 24.1 Å². The average Bonchev–Trinajstić information content (AvgIpc) is 2.51. The molecule has 0 bridgehead atoms. The molecule has 1 atom stereocenters. The first kappa shape index (κ1) is 18.1. The molecule has 1 unspecified atom stereocenters. The first-order chi connectivity index (χ1) is 11.3. The number of amides is 3. The van der Waals surface area contributed by atoms with Crippen molar-refractivity contribution in [2.75, 3.05) is 5.32 Å². The van der Waals surface area contributed by atoms with Gasteiger partial charge in [0.1, 0.15) is 0 Å². The van der Waals surface area contributed by atoms with Gasteiger partial charge < -0.3 is 16.4 Å². The van der Waals surface area contributed by atoms with Crippen molar-refractivity contribution in [3.05, 3.63) is 63.6 Å². The number of urea groups is 1. The van der Waals surface area contributed by atoms with Crippen molar-refractivity contribution in [3.8, 4) is 0 Å². The van der Waals surface area contributed by atoms with Gasteiger partial charge in [0.25, 0.3) is 0 Å². The van der Waals surface area contributed by atoms with Gasteiger partial charge in [0, 0.05) is 5.69 Å². The number of carbonyl (C=O) groups excluding carboxylic acids is 2. The summed E-state index contributed by atoms with van der Waals surface area (Å²) in [6.07, 6.45) is 0.211. The van der Waals surface area contributed by atoms with E-state index in [0.717, 1.165) is 11.1 Å². The summed E-state index contributed by atoms with van der Waals surface area (Å²) in [6, 6.07) is 11.4. The van der Waals surface area contributed by atoms with Gasteiger partial charge in [-0.15, -0.1) is 0 Å². The highest BCUT2D eigenvalue weighted by Crippen LogP contribution is 2.23. The third-order valence-corrected chi connectivity index (χ3v) is 4.14. The number of anilines is 1. The van der Waals surface area contributed by atoms with Crippen LogP contribution in [0.5, 0.6) is 0 Å². The third kappa shape index (κ3) is 5.15. The van der Waals surface area contributed by atoms with Crippen molar-refractivity contribution in [2.45, 2.75) is 19.4 Å². The fraction of sp³-hybridized carbons (Fsp3) is 0.176. The monoisotopic (exact) mass is 365 g/mol. The van der Waals surface area contributed by atoms with Crippen LogP contribution in [0, 0.1) is 0 Å². The minimum absolute atomic E-state index is 0.125. The summed E-state index contributed by atoms with van der Waals surface area (Å²) in [7, 11) is 0. The van der Waals surface area contributed by atoms with Crippen LogP contribution >= 0.6 is 23.2 Å². The Morgan fingerprint density at radius 2 is 1.75 bits per heavy atom. The maximum absolute atomic E-state index is 12.1. The highest BCUT2D eigenvalue weighted by atomic mass is 35.5. The molecule has 3 amide bonds. The zero-order valence-electron chi connectivity index (χ0n) is 13.0. The molecule has 0 saturated carbocycles. The van der Waals surface area contributed by atoms with Crippen molar-refractivity contribution < 1.29 is 9.59 Å². The minimum atomic E-state index is -0.620. The van der Waals surface area contributed by atoms with E-state index in [2.05, 4.69) is 10.6 Å². The van der Waals surface area contributed by atoms with Crippen LogP contribution < -0.4 is 16.4 Å². The Hall–Kier alpha value is -2.24. The lowest BCUT2D eigenvalue weighted by atomic mass is 10.1. The van der Waals surface area contributed by atoms with E-state index in [1.807, 2.05) is 19.1 Å². The molecule has 2 aromatic carbocycles. The zero-order valence-corrected chi connectivity index (χ0v) is 14.5. The first-order valence-corrected chi connectivity index (χ1v) is 8.00. The summed E-state index contributed by atoms with van der Waals surface area (Å²) in [4.78, 5) is 22.9. The number of nitrogens with one attached hydrogen (secondary N) is 2. The molecule has 0 radical (unpaired) electrons. The van der Waals surface area contributed by atoms with Crippen LogP contribution in [0.4, 0.5) is 10.5 Å². The summed E-state index contributed by atoms with van der Waals surface area (Å²) in [5.74, 6) is -0.125. The Bertz CT molecular complexity index is 748. The maximum atomic E-state index is 12.1. The molecular weight excluding hydrogens is 349 g/mol. The van der Waals surface area contributed by atoms with E-state index >= 15 is 0 Å². The van der Waals surface area contributed by atoms with Gasteiger partial charge in [-0.3, -0.25) is 4.79 Å². The van der Waals surface area contributed by atoms with Crippen LogP contribution in [0.3, 0.4) is 0 Å². The second kappa shape index (κ2) is 8.04. The van der Waals surface area contributed by atoms with Crippen LogP contribution in [-0.4, -0.2) is 11.9 Å². The fourth-order valence-corrected chi connectivity index (χ4v) is 2.53. The molecule has 0 spiro atoms. The minimum Gasteiger partial charge on any atom is -0.351 e. The lowest BCUT2D eigenvalue weighted by Crippen LogP contribution is -2.28. The number of hydrogen-bond acceptors (Lipinski definition) is 2. The van der Waals surface area contributed by atoms with Gasteiger partial charge in [-0.2, -0.15) is 0 Å². The molecular formula is C17H17Cl2N3O2. The molecule has 2 aromatic rings. The smallest absolute Gasteiger partial charge is 0.316 e. The van der Waals surface area contributed by atoms with E-state index in [4.69, 9.17) is 28.9 Å². The number of hydrogen-bond donors (Lipinski definition) is 3. The molecule has 126 valence electrons. The predicted molar refractivity (Wildman–Crippen MR) is 96.4 cm³/mol. The van der Waals surface area contributed by atoms with E-state index in [9.17, 15) is 9.59 Å². The Balaban J connectivity index is 1.95. The molecule has 2 rings (SSSR count). The van der Waals surface area contributed by atoms with Crippen LogP contribution in [0.15, 0.2) is 42.5 Å². The Labute approximate surface area is 150 Å². The van der Waals surface area contributed by atoms with Gasteiger partial charge in [0.2, 0.25) is 5.91 Å². The lowest BCUT2D eigenvalue weighted by Gasteiger charge is -2.15. The molecule has 24 heavy (non-hydrogen) atoms. The first-order valence-electron chi connectivity index (χ1n) is 7.25. The molecule has 4 N–H and O–H groups in total. The number of carbonyl (C=O) groups is 2. The molecule has 0 aromatic heterocycles. The van der Waals surface area contributed by atoms with E-state index in [1.54, 1.807) is 30.3 Å². The van der Waals surface area contributed by atoms with Crippen molar-refractivity contribution in [2.24, 2.45) is 5.73 Å². The van der Waals surface area contributed by atoms with Crippen molar-refractivity contribution in [3.63, 3.8) is 0 Å². The topological polar surface area (TPSA) is 84.2 Å². The molecule has 0 aliphatic heterocycles. The standard InChI is InChI=1S/C17H17Cl2N3O2/c1-10(12-3-5-13(6-4-12)22-17(20)24)21-16(23)9-11-2-7-14(18)15(19)8-11/h2-8,10H,9H2,1H3,(H,21,23)(H3,20,22,24). The molecule has 0 heterocycles. The largest absolute Gasteiger partial charge is 0.351 e. The second-order valence-corrected chi connectivity index (χ2v) is 6.14. The quantitative estimate of drug-likeness (QED) is 0.750. The second-order valence-electron chi connectivity index (χ2n) is 5.33. The molecule has 0 aliphatic carbocycles. The van der Waals surface area contributed by atoms with Crippen LogP contribution in [0.25, 0.3) is 0 Å². The number of primary amides is 1. The highest BCUT2D eigenvalue weighted by Gasteiger charge is 2.11. The van der Waals surface area contributed by atoms with Gasteiger partial charge in [-0.05, 0) is 42.3 Å². The van der Waals surface area contributed by atoms with Crippen molar-refractivity contribution in [1.29, 1.82) is 0 Å². The number of rotatable bonds is 5. The number of halogens is 2. The predicted octanol–water partition coefficient (Wildman–Crippen LogP) is 3.90. The van der Waals surface area contributed by atoms with E-state index in [-0.39, 0.29) is 18.4 Å². The van der Waals surface area contributed by atoms with Crippen LogP contribution in [-0.2, 0) is 11.2 Å². The van der Waals surface area contributed by atoms with Crippen molar-refractivity contribution >= 4 is 40.8 Å². The third-order valence-electron chi connectivity index (χ3n) is 3.40. The molecule has 0 saturated heterocycles. The van der Waals surface area contributed by atoms with Crippen molar-refractivity contribution in [1.82, 2.24) is 5.32 Å². The summed E-state index contributed by atoms with van der Waals surface area (Å²) < 4.78 is 0. The molecule has 0 fully saturated rings. The molecule has 7 heteroatoms. The zero-order chi connectivity index (χ0) is 17.7. The van der Waals surface area contributed by atoms with E-state index < -0.39 is 6.03 Å². The van der Waals surface area contributed by atoms with Crippen LogP contribution in [0.2, 0.25) is 10.0 Å². The van der Waals surface area contributed by atoms with Gasteiger partial charge in [-0.25, -0.2) is 4.79 Å². The lowest BCUT2D eigenvalue weighted by molar-refractivity contribution is -0.121. The fourth-order valence-electron chi connectivity index (χ4n) is 2.21. The Kier molecular flexibility index (Phi) is 6.06. The summed E-state index contributed by atoms with van der Waals surface area (Å²) in [5, 5.41) is 6.28. The van der Waals surface area contributed by atoms with Gasteiger partial charge in [0.05, 0.1) is 22.5 Å². The highest BCUT2D eigenvalue weighted by molar-refractivity contribution is 6.42. The van der Waals surface area contributed by atoms with Gasteiger partial charge in [-0.1, -0.05) is 41.4 Å². The van der Waals surface area contributed by atoms with Gasteiger partial charge in [0.15, 0.2) is 0 Å². The van der Waals surface area contributed by atoms with E-state index in [0.29, 0.717) is 15.7 Å². The summed E-state index contributed by atoms with van der Waals surface area (Å²) >= 11 is 11.8.